The van der Waals surface area contributed by atoms with E-state index in [1.165, 1.54) is 10.8 Å². The van der Waals surface area contributed by atoms with Crippen LogP contribution in [0.2, 0.25) is 0 Å². The van der Waals surface area contributed by atoms with E-state index < -0.39 is 5.54 Å². The highest BCUT2D eigenvalue weighted by Crippen LogP contribution is 2.30. The third kappa shape index (κ3) is 4.98. The molecule has 1 aliphatic heterocycles. The summed E-state index contributed by atoms with van der Waals surface area (Å²) in [6.07, 6.45) is 2.76. The molecule has 0 saturated carbocycles. The Morgan fingerprint density at radius 3 is 2.59 bits per heavy atom. The molecule has 2 heterocycles. The molecule has 2 amide bonds. The van der Waals surface area contributed by atoms with Gasteiger partial charge < -0.3 is 15.1 Å². The second-order valence-corrected chi connectivity index (χ2v) is 8.83. The van der Waals surface area contributed by atoms with Gasteiger partial charge >= 0.3 is 0 Å². The van der Waals surface area contributed by atoms with Crippen molar-refractivity contribution in [3.8, 4) is 11.5 Å². The highest BCUT2D eigenvalue weighted by molar-refractivity contribution is 5.83. The smallest absolute Gasteiger partial charge is 0.247 e. The second-order valence-electron chi connectivity index (χ2n) is 8.83. The molecule has 34 heavy (non-hydrogen) atoms. The van der Waals surface area contributed by atoms with E-state index in [-0.39, 0.29) is 18.4 Å². The molecule has 0 radical (unpaired) electrons. The predicted molar refractivity (Wildman–Crippen MR) is 129 cm³/mol. The summed E-state index contributed by atoms with van der Waals surface area (Å²) in [5.74, 6) is 0.707. The lowest BCUT2D eigenvalue weighted by Crippen LogP contribution is -2.44. The van der Waals surface area contributed by atoms with Gasteiger partial charge in [0.2, 0.25) is 23.6 Å². The van der Waals surface area contributed by atoms with E-state index >= 15 is 0 Å². The van der Waals surface area contributed by atoms with Crippen LogP contribution in [0.4, 0.5) is 0 Å². The Balaban J connectivity index is 1.19. The van der Waals surface area contributed by atoms with Gasteiger partial charge in [-0.05, 0) is 47.7 Å². The van der Waals surface area contributed by atoms with Crippen molar-refractivity contribution in [1.29, 1.82) is 0 Å². The van der Waals surface area contributed by atoms with Crippen molar-refractivity contribution in [2.24, 2.45) is 0 Å². The Morgan fingerprint density at radius 1 is 1.00 bits per heavy atom. The summed E-state index contributed by atoms with van der Waals surface area (Å²) in [5.41, 5.74) is 1.57. The number of nitrogens with zero attached hydrogens (tertiary/aromatic N) is 2. The first-order chi connectivity index (χ1) is 16.6. The topological polar surface area (TPSA) is 97.1 Å². The van der Waals surface area contributed by atoms with Crippen LogP contribution in [-0.2, 0) is 22.6 Å². The zero-order valence-corrected chi connectivity index (χ0v) is 18.8. The molecule has 0 aliphatic carbocycles. The average Bonchev–Trinajstić information content (AvgIpc) is 3.49. The van der Waals surface area contributed by atoms with Gasteiger partial charge in [0, 0.05) is 23.9 Å². The largest absolute Gasteiger partial charge is 0.419 e. The molecule has 1 aliphatic rings. The number of hydrogen-bond acceptors (Lipinski definition) is 5. The molecule has 5 rings (SSSR count). The fourth-order valence-corrected chi connectivity index (χ4v) is 4.56. The Kier molecular flexibility index (Phi) is 6.08. The normalized spacial score (nSPS) is 17.6. The van der Waals surface area contributed by atoms with Gasteiger partial charge in [0.25, 0.3) is 0 Å². The monoisotopic (exact) mass is 454 g/mol. The van der Waals surface area contributed by atoms with Crippen LogP contribution in [-0.4, -0.2) is 27.6 Å². The zero-order valence-electron chi connectivity index (χ0n) is 18.8. The van der Waals surface area contributed by atoms with Crippen molar-refractivity contribution >= 4 is 22.6 Å². The average molecular weight is 455 g/mol. The van der Waals surface area contributed by atoms with E-state index in [0.717, 1.165) is 17.5 Å². The molecule has 0 bridgehead atoms. The Labute approximate surface area is 197 Å². The van der Waals surface area contributed by atoms with Gasteiger partial charge in [0.1, 0.15) is 0 Å². The molecular formula is C27H26N4O3. The molecule has 3 aromatic carbocycles. The first kappa shape index (κ1) is 21.8. The van der Waals surface area contributed by atoms with E-state index in [4.69, 9.17) is 4.42 Å². The van der Waals surface area contributed by atoms with Crippen LogP contribution in [0.15, 0.2) is 77.2 Å². The summed E-state index contributed by atoms with van der Waals surface area (Å²) in [5, 5.41) is 16.4. The third-order valence-electron chi connectivity index (χ3n) is 6.35. The van der Waals surface area contributed by atoms with Crippen LogP contribution in [0.5, 0.6) is 0 Å². The van der Waals surface area contributed by atoms with Gasteiger partial charge in [-0.3, -0.25) is 9.59 Å². The van der Waals surface area contributed by atoms with Crippen LogP contribution < -0.4 is 10.6 Å². The van der Waals surface area contributed by atoms with Gasteiger partial charge in [0.15, 0.2) is 0 Å². The number of fused-ring (bicyclic) bond motifs is 1. The maximum Gasteiger partial charge on any atom is 0.247 e. The van der Waals surface area contributed by atoms with E-state index in [0.29, 0.717) is 37.5 Å². The highest BCUT2D eigenvalue weighted by atomic mass is 16.4. The zero-order chi connectivity index (χ0) is 23.4. The lowest BCUT2D eigenvalue weighted by Gasteiger charge is -2.29. The van der Waals surface area contributed by atoms with Gasteiger partial charge in [-0.15, -0.1) is 10.2 Å². The van der Waals surface area contributed by atoms with E-state index in [1.54, 1.807) is 0 Å². The van der Waals surface area contributed by atoms with Gasteiger partial charge in [-0.1, -0.05) is 60.7 Å². The minimum Gasteiger partial charge on any atom is -0.419 e. The first-order valence-electron chi connectivity index (χ1n) is 11.5. The van der Waals surface area contributed by atoms with Crippen molar-refractivity contribution in [1.82, 2.24) is 20.8 Å². The minimum absolute atomic E-state index is 0.0421. The molecule has 1 unspecified atom stereocenters. The van der Waals surface area contributed by atoms with E-state index in [2.05, 4.69) is 51.2 Å². The lowest BCUT2D eigenvalue weighted by atomic mass is 9.84. The number of hydrogen-bond donors (Lipinski definition) is 2. The number of benzene rings is 3. The molecule has 1 fully saturated rings. The van der Waals surface area contributed by atoms with Gasteiger partial charge in [0.05, 0.1) is 6.54 Å². The van der Waals surface area contributed by atoms with Crippen LogP contribution in [0, 0.1) is 0 Å². The van der Waals surface area contributed by atoms with Crippen LogP contribution in [0.25, 0.3) is 22.2 Å². The number of carbonyl (C=O) groups is 2. The van der Waals surface area contributed by atoms with Crippen LogP contribution in [0.1, 0.15) is 37.1 Å². The van der Waals surface area contributed by atoms with Crippen LogP contribution in [0.3, 0.4) is 0 Å². The Morgan fingerprint density at radius 2 is 1.79 bits per heavy atom. The van der Waals surface area contributed by atoms with Crippen molar-refractivity contribution < 1.29 is 14.0 Å². The first-order valence-corrected chi connectivity index (χ1v) is 11.5. The fourth-order valence-electron chi connectivity index (χ4n) is 4.56. The molecule has 7 nitrogen and oxygen atoms in total. The second kappa shape index (κ2) is 9.47. The predicted octanol–water partition coefficient (Wildman–Crippen LogP) is 4.18. The molecule has 1 saturated heterocycles. The number of nitrogens with one attached hydrogen (secondary N) is 2. The maximum atomic E-state index is 12.6. The summed E-state index contributed by atoms with van der Waals surface area (Å²) < 4.78 is 5.65. The number of rotatable bonds is 8. The van der Waals surface area contributed by atoms with E-state index in [1.807, 2.05) is 42.5 Å². The van der Waals surface area contributed by atoms with Gasteiger partial charge in [-0.2, -0.15) is 0 Å². The highest BCUT2D eigenvalue weighted by Gasteiger charge is 2.37. The number of carbonyl (C=O) groups excluding carboxylic acids is 2. The third-order valence-corrected chi connectivity index (χ3v) is 6.35. The Hall–Kier alpha value is -4.00. The number of amides is 2. The summed E-state index contributed by atoms with van der Waals surface area (Å²) in [4.78, 5) is 24.7. The summed E-state index contributed by atoms with van der Waals surface area (Å²) in [6.45, 7) is 0.169. The standard InChI is InChI=1S/C27H26N4O3/c32-23(28-18-25-30-31-26(34-25)21-7-2-1-3-8-21)12-14-27(15-13-24(33)29-27)17-19-10-11-20-6-4-5-9-22(20)16-19/h1-11,16H,12-15,17-18H2,(H,28,32)(H,29,33). The van der Waals surface area contributed by atoms with Gasteiger partial charge in [-0.25, -0.2) is 0 Å². The number of aromatic nitrogens is 2. The van der Waals surface area contributed by atoms with Crippen molar-refractivity contribution in [3.05, 3.63) is 84.3 Å². The molecule has 2 N–H and O–H groups in total. The van der Waals surface area contributed by atoms with E-state index in [9.17, 15) is 9.59 Å². The minimum atomic E-state index is -0.415. The maximum absolute atomic E-state index is 12.6. The SMILES string of the molecule is O=C(CCC1(Cc2ccc3ccccc3c2)CCC(=O)N1)NCc1nnc(-c2ccccc2)o1. The fraction of sp³-hybridized carbons (Fsp3) is 0.259. The molecule has 1 aromatic heterocycles. The Bertz CT molecular complexity index is 1320. The summed E-state index contributed by atoms with van der Waals surface area (Å²) in [6, 6.07) is 24.1. The molecule has 4 aromatic rings. The summed E-state index contributed by atoms with van der Waals surface area (Å²) in [7, 11) is 0. The molecule has 172 valence electrons. The lowest BCUT2D eigenvalue weighted by molar-refractivity contribution is -0.123. The van der Waals surface area contributed by atoms with Crippen molar-refractivity contribution in [2.75, 3.05) is 0 Å². The van der Waals surface area contributed by atoms with Crippen molar-refractivity contribution in [3.63, 3.8) is 0 Å². The summed E-state index contributed by atoms with van der Waals surface area (Å²) >= 11 is 0. The molecule has 7 heteroatoms. The van der Waals surface area contributed by atoms with Crippen molar-refractivity contribution in [2.45, 2.75) is 44.2 Å². The van der Waals surface area contributed by atoms with Crippen LogP contribution >= 0.6 is 0 Å². The molecule has 1 atom stereocenters. The quantitative estimate of drug-likeness (QED) is 0.416. The molecule has 0 spiro atoms. The molecular weight excluding hydrogens is 428 g/mol.